The van der Waals surface area contributed by atoms with E-state index < -0.39 is 6.17 Å². The van der Waals surface area contributed by atoms with Crippen LogP contribution in [0, 0.1) is 25.7 Å². The molecule has 0 spiro atoms. The van der Waals surface area contributed by atoms with Crippen LogP contribution in [0.2, 0.25) is 0 Å². The molecule has 0 aromatic heterocycles. The van der Waals surface area contributed by atoms with Gasteiger partial charge in [-0.2, -0.15) is 0 Å². The summed E-state index contributed by atoms with van der Waals surface area (Å²) in [5.74, 6) is 0.918. The number of halogens is 1. The summed E-state index contributed by atoms with van der Waals surface area (Å²) in [7, 11) is 0. The fourth-order valence-electron chi connectivity index (χ4n) is 6.03. The Hall–Kier alpha value is -3.27. The highest BCUT2D eigenvalue weighted by molar-refractivity contribution is 5.96. The summed E-state index contributed by atoms with van der Waals surface area (Å²) in [6.45, 7) is 13.8. The van der Waals surface area contributed by atoms with Crippen LogP contribution in [0.4, 0.5) is 10.1 Å². The fraction of sp³-hybridized carbons (Fsp3) is 0.444. The molecule has 2 aliphatic rings. The predicted molar refractivity (Wildman–Crippen MR) is 167 cm³/mol. The molecule has 1 saturated heterocycles. The maximum atomic E-state index is 14.0. The number of aliphatic imine (C=N–C) groups is 1. The van der Waals surface area contributed by atoms with Gasteiger partial charge in [-0.05, 0) is 117 Å². The first kappa shape index (κ1) is 29.7. The SMILES string of the molecule is C/C=C(/C1=CC(C(C)F)=CCC1)c1ccc(C(=O)N2CCC(C(=Nc3ccccc3C)C(C)CC)CC2)cc1C. The van der Waals surface area contributed by atoms with Crippen LogP contribution in [0.5, 0.6) is 0 Å². The average Bonchev–Trinajstić information content (AvgIpc) is 2.97. The quantitative estimate of drug-likeness (QED) is 0.307. The normalized spacial score (nSPS) is 18.7. The second-order valence-electron chi connectivity index (χ2n) is 11.5. The largest absolute Gasteiger partial charge is 0.339 e. The van der Waals surface area contributed by atoms with E-state index in [0.717, 1.165) is 78.7 Å². The van der Waals surface area contributed by atoms with Gasteiger partial charge in [-0.25, -0.2) is 4.39 Å². The minimum absolute atomic E-state index is 0.101. The van der Waals surface area contributed by atoms with Gasteiger partial charge in [0.25, 0.3) is 5.91 Å². The highest BCUT2D eigenvalue weighted by Crippen LogP contribution is 2.34. The highest BCUT2D eigenvalue weighted by atomic mass is 19.1. The number of piperidine rings is 1. The number of aryl methyl sites for hydroxylation is 2. The van der Waals surface area contributed by atoms with Crippen molar-refractivity contribution in [3.63, 3.8) is 0 Å². The number of allylic oxidation sites excluding steroid dienone is 6. The Labute approximate surface area is 240 Å². The van der Waals surface area contributed by atoms with Gasteiger partial charge in [-0.3, -0.25) is 9.79 Å². The summed E-state index contributed by atoms with van der Waals surface area (Å²) in [5, 5.41) is 0. The summed E-state index contributed by atoms with van der Waals surface area (Å²) < 4.78 is 14.0. The van der Waals surface area contributed by atoms with Gasteiger partial charge in [0.05, 0.1) is 5.69 Å². The minimum Gasteiger partial charge on any atom is -0.339 e. The van der Waals surface area contributed by atoms with Crippen LogP contribution in [0.3, 0.4) is 0 Å². The first-order valence-corrected chi connectivity index (χ1v) is 15.0. The first-order valence-electron chi connectivity index (χ1n) is 15.0. The molecule has 2 atom stereocenters. The third-order valence-corrected chi connectivity index (χ3v) is 8.67. The number of para-hydroxylation sites is 1. The van der Waals surface area contributed by atoms with Crippen molar-refractivity contribution in [3.8, 4) is 0 Å². The number of nitrogens with zero attached hydrogens (tertiary/aromatic N) is 2. The second-order valence-corrected chi connectivity index (χ2v) is 11.5. The number of likely N-dealkylation sites (tertiary alicyclic amines) is 1. The van der Waals surface area contributed by atoms with Gasteiger partial charge in [0.2, 0.25) is 0 Å². The number of alkyl halides is 1. The molecule has 1 amide bonds. The van der Waals surface area contributed by atoms with Crippen molar-refractivity contribution in [1.82, 2.24) is 4.90 Å². The molecule has 3 nitrogen and oxygen atoms in total. The standard InChI is InChI=1S/C36H45FN2O/c1-7-24(3)35(38-34-15-10-9-12-25(34)4)28-18-20-39(21-19-28)36(40)31-16-17-33(26(5)22-31)32(8-2)30-14-11-13-29(23-30)27(6)37/h8-10,12-13,15-17,22-24,27-28H,7,11,14,18-21H2,1-6H3/b32-8-,38-35?. The van der Waals surface area contributed by atoms with E-state index in [1.54, 1.807) is 6.92 Å². The van der Waals surface area contributed by atoms with Crippen LogP contribution >= 0.6 is 0 Å². The van der Waals surface area contributed by atoms with Gasteiger partial charge in [-0.1, -0.05) is 56.3 Å². The molecule has 212 valence electrons. The van der Waals surface area contributed by atoms with E-state index in [0.29, 0.717) is 11.8 Å². The van der Waals surface area contributed by atoms with Crippen molar-refractivity contribution in [2.75, 3.05) is 13.1 Å². The third kappa shape index (κ3) is 6.71. The number of amides is 1. The lowest BCUT2D eigenvalue weighted by Gasteiger charge is -2.34. The van der Waals surface area contributed by atoms with Crippen LogP contribution in [-0.2, 0) is 0 Å². The van der Waals surface area contributed by atoms with Crippen LogP contribution in [0.1, 0.15) is 86.8 Å². The van der Waals surface area contributed by atoms with E-state index in [1.807, 2.05) is 36.1 Å². The Morgan fingerprint density at radius 3 is 2.45 bits per heavy atom. The summed E-state index contributed by atoms with van der Waals surface area (Å²) in [6.07, 6.45) is 9.85. The number of carbonyl (C=O) groups is 1. The molecular weight excluding hydrogens is 495 g/mol. The van der Waals surface area contributed by atoms with E-state index in [2.05, 4.69) is 64.1 Å². The summed E-state index contributed by atoms with van der Waals surface area (Å²) in [5.41, 5.74) is 9.51. The number of hydrogen-bond acceptors (Lipinski definition) is 2. The molecular formula is C36H45FN2O. The molecule has 0 bridgehead atoms. The maximum absolute atomic E-state index is 14.0. The third-order valence-electron chi connectivity index (χ3n) is 8.67. The van der Waals surface area contributed by atoms with Gasteiger partial charge in [0, 0.05) is 30.3 Å². The van der Waals surface area contributed by atoms with E-state index >= 15 is 0 Å². The molecule has 1 aliphatic carbocycles. The predicted octanol–water partition coefficient (Wildman–Crippen LogP) is 9.38. The lowest BCUT2D eigenvalue weighted by atomic mass is 9.84. The lowest BCUT2D eigenvalue weighted by Crippen LogP contribution is -2.41. The Bertz CT molecular complexity index is 1340. The molecule has 4 heteroatoms. The maximum Gasteiger partial charge on any atom is 0.253 e. The van der Waals surface area contributed by atoms with Gasteiger partial charge >= 0.3 is 0 Å². The Morgan fingerprint density at radius 2 is 1.82 bits per heavy atom. The van der Waals surface area contributed by atoms with Crippen LogP contribution in [0.25, 0.3) is 5.57 Å². The molecule has 2 unspecified atom stereocenters. The van der Waals surface area contributed by atoms with E-state index in [4.69, 9.17) is 4.99 Å². The van der Waals surface area contributed by atoms with Crippen molar-refractivity contribution >= 4 is 22.9 Å². The monoisotopic (exact) mass is 540 g/mol. The fourth-order valence-corrected chi connectivity index (χ4v) is 6.03. The van der Waals surface area contributed by atoms with Crippen molar-refractivity contribution in [2.24, 2.45) is 16.8 Å². The zero-order valence-corrected chi connectivity index (χ0v) is 25.1. The smallest absolute Gasteiger partial charge is 0.253 e. The lowest BCUT2D eigenvalue weighted by molar-refractivity contribution is 0.0709. The molecule has 1 fully saturated rings. The second kappa shape index (κ2) is 13.4. The number of benzene rings is 2. The molecule has 0 saturated carbocycles. The minimum atomic E-state index is -0.964. The number of hydrogen-bond donors (Lipinski definition) is 0. The molecule has 0 N–H and O–H groups in total. The molecule has 0 radical (unpaired) electrons. The zero-order valence-electron chi connectivity index (χ0n) is 25.1. The van der Waals surface area contributed by atoms with Gasteiger partial charge in [0.1, 0.15) is 6.17 Å². The Balaban J connectivity index is 1.47. The highest BCUT2D eigenvalue weighted by Gasteiger charge is 2.29. The molecule has 4 rings (SSSR count). The average molecular weight is 541 g/mol. The van der Waals surface area contributed by atoms with Gasteiger partial charge < -0.3 is 4.90 Å². The molecule has 2 aromatic carbocycles. The van der Waals surface area contributed by atoms with Gasteiger partial charge in [-0.15, -0.1) is 0 Å². The molecule has 2 aromatic rings. The van der Waals surface area contributed by atoms with E-state index in [-0.39, 0.29) is 5.91 Å². The van der Waals surface area contributed by atoms with Crippen molar-refractivity contribution in [2.45, 2.75) is 79.8 Å². The topological polar surface area (TPSA) is 32.7 Å². The Kier molecular flexibility index (Phi) is 9.95. The van der Waals surface area contributed by atoms with Crippen molar-refractivity contribution in [3.05, 3.63) is 94.1 Å². The van der Waals surface area contributed by atoms with Crippen LogP contribution in [-0.4, -0.2) is 35.8 Å². The summed E-state index contributed by atoms with van der Waals surface area (Å²) in [4.78, 5) is 20.7. The molecule has 40 heavy (non-hydrogen) atoms. The summed E-state index contributed by atoms with van der Waals surface area (Å²) in [6, 6.07) is 14.4. The zero-order chi connectivity index (χ0) is 28.8. The first-order chi connectivity index (χ1) is 19.2. The molecule has 1 heterocycles. The van der Waals surface area contributed by atoms with E-state index in [9.17, 15) is 9.18 Å². The Morgan fingerprint density at radius 1 is 1.10 bits per heavy atom. The van der Waals surface area contributed by atoms with Crippen LogP contribution in [0.15, 0.2) is 76.8 Å². The van der Waals surface area contributed by atoms with E-state index in [1.165, 1.54) is 16.8 Å². The van der Waals surface area contributed by atoms with Gasteiger partial charge in [0.15, 0.2) is 0 Å². The van der Waals surface area contributed by atoms with Crippen LogP contribution < -0.4 is 0 Å². The summed E-state index contributed by atoms with van der Waals surface area (Å²) >= 11 is 0. The number of carbonyl (C=O) groups excluding carboxylic acids is 1. The van der Waals surface area contributed by atoms with Crippen molar-refractivity contribution in [1.29, 1.82) is 0 Å². The molecule has 1 aliphatic heterocycles. The number of rotatable bonds is 8. The van der Waals surface area contributed by atoms with Crippen molar-refractivity contribution < 1.29 is 9.18 Å².